The molecule has 2 rings (SSSR count). The van der Waals surface area contributed by atoms with Crippen molar-refractivity contribution < 1.29 is 4.74 Å². The molecule has 1 N–H and O–H groups in total. The number of rotatable bonds is 4. The summed E-state index contributed by atoms with van der Waals surface area (Å²) in [6.45, 7) is 12.5. The molecule has 1 aliphatic heterocycles. The molecule has 0 saturated carbocycles. The van der Waals surface area contributed by atoms with Gasteiger partial charge in [-0.05, 0) is 51.0 Å². The molecule has 1 aromatic rings. The first-order chi connectivity index (χ1) is 9.47. The van der Waals surface area contributed by atoms with Crippen LogP contribution in [-0.4, -0.2) is 43.3 Å². The van der Waals surface area contributed by atoms with Crippen LogP contribution < -0.4 is 5.32 Å². The lowest BCUT2D eigenvalue weighted by molar-refractivity contribution is -0.0315. The molecule has 1 heterocycles. The van der Waals surface area contributed by atoms with Crippen LogP contribution in [0.1, 0.15) is 25.0 Å². The summed E-state index contributed by atoms with van der Waals surface area (Å²) >= 11 is 3.61. The van der Waals surface area contributed by atoms with Gasteiger partial charge in [-0.1, -0.05) is 15.9 Å². The average molecular weight is 341 g/mol. The molecule has 20 heavy (non-hydrogen) atoms. The number of morpholine rings is 1. The van der Waals surface area contributed by atoms with Crippen LogP contribution in [0, 0.1) is 13.8 Å². The van der Waals surface area contributed by atoms with E-state index in [9.17, 15) is 0 Å². The molecule has 0 amide bonds. The van der Waals surface area contributed by atoms with Crippen molar-refractivity contribution in [3.8, 4) is 0 Å². The quantitative estimate of drug-likeness (QED) is 0.906. The van der Waals surface area contributed by atoms with E-state index in [1.807, 2.05) is 0 Å². The second-order valence-electron chi connectivity index (χ2n) is 5.89. The first-order valence-corrected chi connectivity index (χ1v) is 8.13. The highest BCUT2D eigenvalue weighted by molar-refractivity contribution is 9.10. The number of halogens is 1. The van der Waals surface area contributed by atoms with E-state index in [1.165, 1.54) is 21.3 Å². The summed E-state index contributed by atoms with van der Waals surface area (Å²) in [5, 5.41) is 3.51. The normalized spacial score (nSPS) is 20.4. The van der Waals surface area contributed by atoms with Gasteiger partial charge < -0.3 is 10.1 Å². The predicted molar refractivity (Wildman–Crippen MR) is 88.6 cm³/mol. The molecule has 3 nitrogen and oxygen atoms in total. The summed E-state index contributed by atoms with van der Waals surface area (Å²) in [7, 11) is 0. The fraction of sp³-hybridized carbons (Fsp3) is 0.625. The van der Waals surface area contributed by atoms with E-state index in [4.69, 9.17) is 4.74 Å². The fourth-order valence-electron chi connectivity index (χ4n) is 2.61. The molecule has 0 radical (unpaired) electrons. The van der Waals surface area contributed by atoms with E-state index < -0.39 is 0 Å². The van der Waals surface area contributed by atoms with Crippen LogP contribution in [0.2, 0.25) is 0 Å². The highest BCUT2D eigenvalue weighted by Crippen LogP contribution is 2.25. The van der Waals surface area contributed by atoms with Gasteiger partial charge in [-0.25, -0.2) is 0 Å². The van der Waals surface area contributed by atoms with Crippen molar-refractivity contribution in [2.75, 3.05) is 31.6 Å². The van der Waals surface area contributed by atoms with Crippen molar-refractivity contribution in [3.05, 3.63) is 27.7 Å². The molecular weight excluding hydrogens is 316 g/mol. The maximum Gasteiger partial charge on any atom is 0.0874 e. The number of ether oxygens (including phenoxy) is 1. The Morgan fingerprint density at radius 1 is 1.35 bits per heavy atom. The van der Waals surface area contributed by atoms with Gasteiger partial charge in [0.25, 0.3) is 0 Å². The van der Waals surface area contributed by atoms with Crippen molar-refractivity contribution in [1.82, 2.24) is 4.90 Å². The number of aryl methyl sites for hydroxylation is 2. The summed E-state index contributed by atoms with van der Waals surface area (Å²) in [5.74, 6) is 0. The van der Waals surface area contributed by atoms with Gasteiger partial charge in [0.1, 0.15) is 0 Å². The molecule has 1 fully saturated rings. The largest absolute Gasteiger partial charge is 0.382 e. The maximum absolute atomic E-state index is 5.85. The van der Waals surface area contributed by atoms with Crippen LogP contribution in [0.3, 0.4) is 0 Å². The number of anilines is 1. The molecular formula is C16H25BrN2O. The highest BCUT2D eigenvalue weighted by atomic mass is 79.9. The molecule has 0 spiro atoms. The van der Waals surface area contributed by atoms with E-state index in [1.54, 1.807) is 0 Å². The van der Waals surface area contributed by atoms with Gasteiger partial charge in [-0.3, -0.25) is 4.90 Å². The number of hydrogen-bond acceptors (Lipinski definition) is 3. The Morgan fingerprint density at radius 2 is 2.00 bits per heavy atom. The second kappa shape index (κ2) is 6.92. The minimum atomic E-state index is 0.274. The van der Waals surface area contributed by atoms with E-state index in [2.05, 4.69) is 66.0 Å². The van der Waals surface area contributed by atoms with Crippen LogP contribution in [0.4, 0.5) is 5.69 Å². The molecule has 0 bridgehead atoms. The lowest BCUT2D eigenvalue weighted by Crippen LogP contribution is -2.48. The van der Waals surface area contributed by atoms with Crippen LogP contribution in [0.5, 0.6) is 0 Å². The fourth-order valence-corrected chi connectivity index (χ4v) is 2.84. The zero-order valence-electron chi connectivity index (χ0n) is 12.9. The number of benzene rings is 1. The Labute approximate surface area is 130 Å². The van der Waals surface area contributed by atoms with E-state index in [0.29, 0.717) is 6.04 Å². The van der Waals surface area contributed by atoms with Gasteiger partial charge in [0, 0.05) is 35.8 Å². The van der Waals surface area contributed by atoms with Gasteiger partial charge in [-0.15, -0.1) is 0 Å². The lowest BCUT2D eigenvalue weighted by Gasteiger charge is -2.35. The van der Waals surface area contributed by atoms with Crippen molar-refractivity contribution >= 4 is 21.6 Å². The third-order valence-corrected chi connectivity index (χ3v) is 5.12. The van der Waals surface area contributed by atoms with Crippen molar-refractivity contribution in [2.45, 2.75) is 39.8 Å². The minimum absolute atomic E-state index is 0.274. The summed E-state index contributed by atoms with van der Waals surface area (Å²) in [6.07, 6.45) is 0.274. The van der Waals surface area contributed by atoms with Gasteiger partial charge >= 0.3 is 0 Å². The topological polar surface area (TPSA) is 24.5 Å². The smallest absolute Gasteiger partial charge is 0.0874 e. The van der Waals surface area contributed by atoms with Crippen LogP contribution in [-0.2, 0) is 4.74 Å². The summed E-state index contributed by atoms with van der Waals surface area (Å²) < 4.78 is 7.05. The molecule has 112 valence electrons. The zero-order valence-corrected chi connectivity index (χ0v) is 14.5. The SMILES string of the molecule is Cc1cc(NCC2CN(C(C)C)CCO2)cc(C)c1Br. The molecule has 4 heteroatoms. The molecule has 0 aliphatic carbocycles. The van der Waals surface area contributed by atoms with Crippen LogP contribution in [0.25, 0.3) is 0 Å². The number of nitrogens with zero attached hydrogens (tertiary/aromatic N) is 1. The first-order valence-electron chi connectivity index (χ1n) is 7.33. The third-order valence-electron chi connectivity index (χ3n) is 3.87. The number of nitrogens with one attached hydrogen (secondary N) is 1. The molecule has 0 aromatic heterocycles. The molecule has 1 aliphatic rings. The average Bonchev–Trinajstić information content (AvgIpc) is 2.42. The van der Waals surface area contributed by atoms with Gasteiger partial charge in [0.2, 0.25) is 0 Å². The lowest BCUT2D eigenvalue weighted by atomic mass is 10.1. The Hall–Kier alpha value is -0.580. The monoisotopic (exact) mass is 340 g/mol. The minimum Gasteiger partial charge on any atom is -0.382 e. The van der Waals surface area contributed by atoms with E-state index >= 15 is 0 Å². The number of hydrogen-bond donors (Lipinski definition) is 1. The molecule has 1 atom stereocenters. The third kappa shape index (κ3) is 3.96. The molecule has 1 unspecified atom stereocenters. The zero-order chi connectivity index (χ0) is 14.7. The summed E-state index contributed by atoms with van der Waals surface area (Å²) in [5.41, 5.74) is 3.70. The van der Waals surface area contributed by atoms with Crippen molar-refractivity contribution in [1.29, 1.82) is 0 Å². The predicted octanol–water partition coefficient (Wildman–Crippen LogP) is 3.59. The first kappa shape index (κ1) is 15.8. The Balaban J connectivity index is 1.92. The Kier molecular flexibility index (Phi) is 5.47. The maximum atomic E-state index is 5.85. The Morgan fingerprint density at radius 3 is 2.60 bits per heavy atom. The van der Waals surface area contributed by atoms with E-state index in [0.717, 1.165) is 26.2 Å². The Bertz CT molecular complexity index is 439. The van der Waals surface area contributed by atoms with Crippen LogP contribution >= 0.6 is 15.9 Å². The summed E-state index contributed by atoms with van der Waals surface area (Å²) in [4.78, 5) is 2.48. The van der Waals surface area contributed by atoms with E-state index in [-0.39, 0.29) is 6.10 Å². The molecule has 1 aromatic carbocycles. The molecule has 1 saturated heterocycles. The van der Waals surface area contributed by atoms with Crippen LogP contribution in [0.15, 0.2) is 16.6 Å². The summed E-state index contributed by atoms with van der Waals surface area (Å²) in [6, 6.07) is 4.96. The van der Waals surface area contributed by atoms with Crippen molar-refractivity contribution in [2.24, 2.45) is 0 Å². The standard InChI is InChI=1S/C16H25BrN2O/c1-11(2)19-5-6-20-15(10-19)9-18-14-7-12(3)16(17)13(4)8-14/h7-8,11,15,18H,5-6,9-10H2,1-4H3. The van der Waals surface area contributed by atoms with Gasteiger partial charge in [0.05, 0.1) is 12.7 Å². The highest BCUT2D eigenvalue weighted by Gasteiger charge is 2.21. The van der Waals surface area contributed by atoms with Gasteiger partial charge in [0.15, 0.2) is 0 Å². The second-order valence-corrected chi connectivity index (χ2v) is 6.68. The van der Waals surface area contributed by atoms with Crippen molar-refractivity contribution in [3.63, 3.8) is 0 Å². The van der Waals surface area contributed by atoms with Gasteiger partial charge in [-0.2, -0.15) is 0 Å².